The van der Waals surface area contributed by atoms with Crippen LogP contribution in [0.25, 0.3) is 0 Å². The van der Waals surface area contributed by atoms with Gasteiger partial charge < -0.3 is 4.42 Å². The Morgan fingerprint density at radius 2 is 2.40 bits per heavy atom. The van der Waals surface area contributed by atoms with Crippen LogP contribution in [-0.4, -0.2) is 10.7 Å². The van der Waals surface area contributed by atoms with E-state index in [9.17, 15) is 0 Å². The summed E-state index contributed by atoms with van der Waals surface area (Å²) >= 11 is 0. The van der Waals surface area contributed by atoms with E-state index in [0.29, 0.717) is 11.6 Å². The van der Waals surface area contributed by atoms with E-state index in [4.69, 9.17) is 4.42 Å². The first kappa shape index (κ1) is 5.22. The summed E-state index contributed by atoms with van der Waals surface area (Å²) in [6.07, 6.45) is 6.42. The van der Waals surface area contributed by atoms with Gasteiger partial charge in [-0.3, -0.25) is 0 Å². The molecule has 0 aliphatic carbocycles. The van der Waals surface area contributed by atoms with E-state index in [1.54, 1.807) is 18.5 Å². The first-order valence-electron chi connectivity index (χ1n) is 2.81. The highest BCUT2D eigenvalue weighted by Crippen LogP contribution is 2.01. The Morgan fingerprint density at radius 3 is 3.00 bits per heavy atom. The first-order valence-corrected chi connectivity index (χ1v) is 2.81. The quantitative estimate of drug-likeness (QED) is 0.561. The van der Waals surface area contributed by atoms with E-state index in [2.05, 4.69) is 15.5 Å². The minimum atomic E-state index is 0.512. The number of oxazole rings is 1. The zero-order valence-corrected chi connectivity index (χ0v) is 5.06. The Bertz CT molecular complexity index is 273. The lowest BCUT2D eigenvalue weighted by molar-refractivity contribution is 0.547. The van der Waals surface area contributed by atoms with Crippen LogP contribution < -0.4 is 5.43 Å². The molecular formula is C6H4N3O. The van der Waals surface area contributed by atoms with Crippen molar-refractivity contribution in [2.24, 2.45) is 5.10 Å². The summed E-state index contributed by atoms with van der Waals surface area (Å²) in [5.74, 6) is 0.512. The third-order valence-corrected chi connectivity index (χ3v) is 1.12. The Morgan fingerprint density at radius 1 is 1.40 bits per heavy atom. The fourth-order valence-corrected chi connectivity index (χ4v) is 0.697. The summed E-state index contributed by atoms with van der Waals surface area (Å²) < 4.78 is 4.96. The summed E-state index contributed by atoms with van der Waals surface area (Å²) in [5.41, 5.74) is 4.30. The van der Waals surface area contributed by atoms with E-state index in [0.717, 1.165) is 0 Å². The van der Waals surface area contributed by atoms with E-state index < -0.39 is 0 Å². The highest BCUT2D eigenvalue weighted by molar-refractivity contribution is 6.06. The summed E-state index contributed by atoms with van der Waals surface area (Å²) in [6, 6.07) is 0. The zero-order chi connectivity index (χ0) is 6.81. The van der Waals surface area contributed by atoms with Crippen molar-refractivity contribution < 1.29 is 4.42 Å². The Balaban J connectivity index is 2.36. The molecule has 1 radical (unpaired) electrons. The van der Waals surface area contributed by atoms with Crippen molar-refractivity contribution in [3.63, 3.8) is 0 Å². The average Bonchev–Trinajstić information content (AvgIpc) is 2.59. The fraction of sp³-hybridized carbons (Fsp3) is 0. The predicted molar refractivity (Wildman–Crippen MR) is 34.3 cm³/mol. The molecule has 0 saturated heterocycles. The van der Waals surface area contributed by atoms with Gasteiger partial charge in [-0.25, -0.2) is 4.98 Å². The number of rotatable bonds is 1. The van der Waals surface area contributed by atoms with Gasteiger partial charge in [0.2, 0.25) is 5.89 Å². The summed E-state index contributed by atoms with van der Waals surface area (Å²) in [7, 11) is 0. The molecule has 1 aliphatic heterocycles. The molecule has 0 saturated carbocycles. The van der Waals surface area contributed by atoms with Gasteiger partial charge >= 0.3 is 0 Å². The summed E-state index contributed by atoms with van der Waals surface area (Å²) in [6.45, 7) is 0. The van der Waals surface area contributed by atoms with Gasteiger partial charge in [-0.1, -0.05) is 0 Å². The van der Waals surface area contributed by atoms with Crippen molar-refractivity contribution in [1.29, 1.82) is 0 Å². The van der Waals surface area contributed by atoms with Crippen LogP contribution in [0.3, 0.4) is 0 Å². The minimum absolute atomic E-state index is 0.512. The molecule has 2 rings (SSSR count). The van der Waals surface area contributed by atoms with Crippen LogP contribution in [0.4, 0.5) is 0 Å². The molecule has 4 nitrogen and oxygen atoms in total. The molecule has 10 heavy (non-hydrogen) atoms. The van der Waals surface area contributed by atoms with Crippen LogP contribution in [0.15, 0.2) is 34.3 Å². The van der Waals surface area contributed by atoms with Gasteiger partial charge in [0.25, 0.3) is 0 Å². The lowest BCUT2D eigenvalue weighted by atomic mass is 10.4. The lowest BCUT2D eigenvalue weighted by Crippen LogP contribution is -1.93. The van der Waals surface area contributed by atoms with Gasteiger partial charge in [-0.05, 0) is 6.08 Å². The van der Waals surface area contributed by atoms with Gasteiger partial charge in [0, 0.05) is 0 Å². The lowest BCUT2D eigenvalue weighted by Gasteiger charge is -1.84. The standard InChI is InChI=1S/C6H4N3O/c1-2-8-9-5(1)6-7-3-4-10-6/h1-4H. The van der Waals surface area contributed by atoms with Crippen molar-refractivity contribution in [2.45, 2.75) is 0 Å². The van der Waals surface area contributed by atoms with Crippen LogP contribution in [0.1, 0.15) is 5.89 Å². The first-order chi connectivity index (χ1) is 4.97. The van der Waals surface area contributed by atoms with Crippen LogP contribution in [0.5, 0.6) is 0 Å². The van der Waals surface area contributed by atoms with E-state index in [-0.39, 0.29) is 0 Å². The molecule has 0 unspecified atom stereocenters. The number of aromatic nitrogens is 1. The molecule has 2 heterocycles. The zero-order valence-electron chi connectivity index (χ0n) is 5.06. The second kappa shape index (κ2) is 1.98. The molecule has 0 N–H and O–H groups in total. The van der Waals surface area contributed by atoms with Crippen molar-refractivity contribution in [3.8, 4) is 0 Å². The molecule has 1 aromatic heterocycles. The number of allylic oxidation sites excluding steroid dienone is 1. The van der Waals surface area contributed by atoms with Crippen molar-refractivity contribution >= 4 is 5.71 Å². The smallest absolute Gasteiger partial charge is 0.246 e. The van der Waals surface area contributed by atoms with Gasteiger partial charge in [0.15, 0.2) is 0 Å². The van der Waals surface area contributed by atoms with Crippen LogP contribution >= 0.6 is 0 Å². The maximum absolute atomic E-state index is 4.96. The average molecular weight is 134 g/mol. The maximum Gasteiger partial charge on any atom is 0.246 e. The Hall–Kier alpha value is -1.58. The SMILES string of the molecule is C1=CC(c2ncco2)=N[N]1. The van der Waals surface area contributed by atoms with Crippen LogP contribution in [-0.2, 0) is 0 Å². The Labute approximate surface area is 57.3 Å². The highest BCUT2D eigenvalue weighted by atomic mass is 16.3. The van der Waals surface area contributed by atoms with Crippen molar-refractivity contribution in [3.05, 3.63) is 30.6 Å². The molecular weight excluding hydrogens is 130 g/mol. The minimum Gasteiger partial charge on any atom is -0.443 e. The molecule has 0 bridgehead atoms. The van der Waals surface area contributed by atoms with Gasteiger partial charge in [0.05, 0.1) is 12.4 Å². The predicted octanol–water partition coefficient (Wildman–Crippen LogP) is 0.510. The second-order valence-corrected chi connectivity index (χ2v) is 1.75. The molecule has 0 spiro atoms. The second-order valence-electron chi connectivity index (χ2n) is 1.75. The topological polar surface area (TPSA) is 52.5 Å². The third kappa shape index (κ3) is 0.699. The van der Waals surface area contributed by atoms with E-state index in [1.165, 1.54) is 6.26 Å². The number of hydrogen-bond acceptors (Lipinski definition) is 3. The largest absolute Gasteiger partial charge is 0.443 e. The number of hydrogen-bond donors (Lipinski definition) is 0. The van der Waals surface area contributed by atoms with E-state index >= 15 is 0 Å². The molecule has 0 aromatic carbocycles. The molecule has 1 aromatic rings. The monoisotopic (exact) mass is 134 g/mol. The molecule has 4 heteroatoms. The highest BCUT2D eigenvalue weighted by Gasteiger charge is 2.07. The van der Waals surface area contributed by atoms with Crippen molar-refractivity contribution in [1.82, 2.24) is 10.4 Å². The molecule has 0 atom stereocenters. The normalized spacial score (nSPS) is 15.0. The van der Waals surface area contributed by atoms with Gasteiger partial charge in [-0.2, -0.15) is 5.43 Å². The van der Waals surface area contributed by atoms with Gasteiger partial charge in [0.1, 0.15) is 12.0 Å². The fourth-order valence-electron chi connectivity index (χ4n) is 0.697. The molecule has 49 valence electrons. The number of nitrogens with zero attached hydrogens (tertiary/aromatic N) is 3. The summed E-state index contributed by atoms with van der Waals surface area (Å²) in [5, 5.41) is 3.75. The molecule has 0 fully saturated rings. The summed E-state index contributed by atoms with van der Waals surface area (Å²) in [4.78, 5) is 3.89. The van der Waals surface area contributed by atoms with Crippen LogP contribution in [0.2, 0.25) is 0 Å². The van der Waals surface area contributed by atoms with Gasteiger partial charge in [-0.15, -0.1) is 5.10 Å². The third-order valence-electron chi connectivity index (χ3n) is 1.12. The van der Waals surface area contributed by atoms with E-state index in [1.807, 2.05) is 0 Å². The Kier molecular flexibility index (Phi) is 1.04. The molecule has 1 aliphatic rings. The molecule has 0 amide bonds. The van der Waals surface area contributed by atoms with Crippen LogP contribution in [0, 0.1) is 0 Å². The maximum atomic E-state index is 4.96. The van der Waals surface area contributed by atoms with Crippen molar-refractivity contribution in [2.75, 3.05) is 0 Å².